The number of aromatic nitrogens is 1. The van der Waals surface area contributed by atoms with E-state index < -0.39 is 9.84 Å². The fourth-order valence-electron chi connectivity index (χ4n) is 3.50. The first-order chi connectivity index (χ1) is 14.9. The molecule has 0 atom stereocenters. The first-order valence-corrected chi connectivity index (χ1v) is 11.6. The summed E-state index contributed by atoms with van der Waals surface area (Å²) in [4.78, 5) is 4.75. The second-order valence-electron chi connectivity index (χ2n) is 7.50. The van der Waals surface area contributed by atoms with Gasteiger partial charge in [0.2, 0.25) is 9.84 Å². The van der Waals surface area contributed by atoms with Crippen LogP contribution in [0.15, 0.2) is 82.7 Å². The number of halogens is 1. The van der Waals surface area contributed by atoms with E-state index in [4.69, 9.17) is 0 Å². The van der Waals surface area contributed by atoms with Gasteiger partial charge in [0, 0.05) is 18.1 Å². The minimum absolute atomic E-state index is 0.122. The second-order valence-corrected chi connectivity index (χ2v) is 9.42. The van der Waals surface area contributed by atoms with E-state index in [2.05, 4.69) is 10.3 Å². The van der Waals surface area contributed by atoms with Crippen molar-refractivity contribution >= 4 is 26.4 Å². The van der Waals surface area contributed by atoms with Crippen LogP contribution in [-0.4, -0.2) is 13.4 Å². The van der Waals surface area contributed by atoms with Crippen molar-refractivity contribution in [3.8, 4) is 0 Å². The highest BCUT2D eigenvalue weighted by molar-refractivity contribution is 7.91. The monoisotopic (exact) mass is 434 g/mol. The molecule has 1 aromatic heterocycles. The molecular formula is C25H23FN2O2S. The van der Waals surface area contributed by atoms with Crippen LogP contribution in [0.25, 0.3) is 10.9 Å². The summed E-state index contributed by atoms with van der Waals surface area (Å²) >= 11 is 0. The number of benzene rings is 3. The molecule has 0 saturated heterocycles. The Bertz CT molecular complexity index is 1330. The third-order valence-electron chi connectivity index (χ3n) is 5.30. The van der Waals surface area contributed by atoms with Gasteiger partial charge in [0.25, 0.3) is 0 Å². The maximum atomic E-state index is 13.5. The molecule has 0 fully saturated rings. The molecule has 1 N–H and O–H groups in total. The van der Waals surface area contributed by atoms with Crippen LogP contribution in [0.5, 0.6) is 0 Å². The number of pyridine rings is 1. The van der Waals surface area contributed by atoms with E-state index >= 15 is 0 Å². The zero-order valence-electron chi connectivity index (χ0n) is 17.4. The zero-order chi connectivity index (χ0) is 22.0. The largest absolute Gasteiger partial charge is 0.379 e. The van der Waals surface area contributed by atoms with Gasteiger partial charge in [-0.1, -0.05) is 42.8 Å². The molecule has 0 saturated carbocycles. The Labute approximate surface area is 181 Å². The Kier molecular flexibility index (Phi) is 5.74. The molecule has 158 valence electrons. The van der Waals surface area contributed by atoms with Crippen LogP contribution in [0.2, 0.25) is 0 Å². The summed E-state index contributed by atoms with van der Waals surface area (Å²) in [5, 5.41) is 4.01. The van der Waals surface area contributed by atoms with E-state index in [1.54, 1.807) is 24.3 Å². The summed E-state index contributed by atoms with van der Waals surface area (Å²) in [6, 6.07) is 18.8. The van der Waals surface area contributed by atoms with Gasteiger partial charge in [-0.3, -0.25) is 4.98 Å². The smallest absolute Gasteiger partial charge is 0.210 e. The molecule has 6 heteroatoms. The molecule has 3 aromatic carbocycles. The lowest BCUT2D eigenvalue weighted by molar-refractivity contribution is 0.596. The Hall–Kier alpha value is -3.25. The van der Waals surface area contributed by atoms with Crippen molar-refractivity contribution in [1.82, 2.24) is 4.98 Å². The quantitative estimate of drug-likeness (QED) is 0.424. The molecule has 0 aliphatic carbocycles. The third-order valence-corrected chi connectivity index (χ3v) is 7.08. The highest BCUT2D eigenvalue weighted by atomic mass is 32.2. The lowest BCUT2D eigenvalue weighted by atomic mass is 10.1. The molecule has 31 heavy (non-hydrogen) atoms. The minimum atomic E-state index is -3.80. The number of nitrogens with one attached hydrogen (secondary N) is 1. The average molecular weight is 435 g/mol. The van der Waals surface area contributed by atoms with E-state index in [1.807, 2.05) is 44.2 Å². The predicted molar refractivity (Wildman–Crippen MR) is 121 cm³/mol. The van der Waals surface area contributed by atoms with Crippen LogP contribution in [0.3, 0.4) is 0 Å². The van der Waals surface area contributed by atoms with Gasteiger partial charge in [-0.15, -0.1) is 0 Å². The van der Waals surface area contributed by atoms with Gasteiger partial charge in [0.1, 0.15) is 10.7 Å². The highest BCUT2D eigenvalue weighted by Gasteiger charge is 2.24. The number of hydrogen-bond acceptors (Lipinski definition) is 4. The van der Waals surface area contributed by atoms with Crippen molar-refractivity contribution in [2.24, 2.45) is 0 Å². The average Bonchev–Trinajstić information content (AvgIpc) is 2.78. The maximum Gasteiger partial charge on any atom is 0.210 e. The van der Waals surface area contributed by atoms with E-state index in [0.717, 1.165) is 28.5 Å². The topological polar surface area (TPSA) is 59.1 Å². The number of rotatable bonds is 6. The fraction of sp³-hybridized carbons (Fsp3) is 0.160. The van der Waals surface area contributed by atoms with Crippen LogP contribution in [0.4, 0.5) is 10.1 Å². The van der Waals surface area contributed by atoms with Crippen LogP contribution < -0.4 is 5.32 Å². The molecule has 0 aliphatic heterocycles. The molecule has 1 heterocycles. The molecule has 0 spiro atoms. The molecule has 0 radical (unpaired) electrons. The van der Waals surface area contributed by atoms with E-state index in [1.165, 1.54) is 18.3 Å². The summed E-state index contributed by atoms with van der Waals surface area (Å²) in [7, 11) is -3.80. The molecule has 4 nitrogen and oxygen atoms in total. The Morgan fingerprint density at radius 1 is 0.935 bits per heavy atom. The van der Waals surface area contributed by atoms with E-state index in [-0.39, 0.29) is 15.6 Å². The van der Waals surface area contributed by atoms with Gasteiger partial charge in [0.15, 0.2) is 0 Å². The summed E-state index contributed by atoms with van der Waals surface area (Å²) in [5.74, 6) is -0.312. The molecule has 0 unspecified atom stereocenters. The number of nitrogens with zero attached hydrogens (tertiary/aromatic N) is 1. The van der Waals surface area contributed by atoms with Crippen LogP contribution >= 0.6 is 0 Å². The van der Waals surface area contributed by atoms with Gasteiger partial charge in [0.05, 0.1) is 16.1 Å². The van der Waals surface area contributed by atoms with Gasteiger partial charge in [-0.05, 0) is 60.9 Å². The first-order valence-electron chi connectivity index (χ1n) is 10.1. The van der Waals surface area contributed by atoms with Crippen LogP contribution in [-0.2, 0) is 22.8 Å². The first kappa shape index (κ1) is 21.0. The predicted octanol–water partition coefficient (Wildman–Crippen LogP) is 5.69. The van der Waals surface area contributed by atoms with Crippen molar-refractivity contribution in [3.63, 3.8) is 0 Å². The van der Waals surface area contributed by atoms with Crippen molar-refractivity contribution in [3.05, 3.63) is 95.4 Å². The molecule has 4 rings (SSSR count). The standard InChI is InChI=1S/C25H23FN2O2S/c1-3-18-7-11-21(12-8-18)31(29,30)24-16-27-23-13-4-17(2)14-22(23)25(24)28-15-19-5-9-20(26)10-6-19/h4-14,16H,3,15H2,1-2H3,(H,27,28). The molecular weight excluding hydrogens is 411 g/mol. The number of sulfone groups is 1. The lowest BCUT2D eigenvalue weighted by Crippen LogP contribution is -2.10. The summed E-state index contributed by atoms with van der Waals surface area (Å²) in [5.41, 5.74) is 4.11. The number of aryl methyl sites for hydroxylation is 2. The number of hydrogen-bond donors (Lipinski definition) is 1. The third kappa shape index (κ3) is 4.30. The van der Waals surface area contributed by atoms with Crippen molar-refractivity contribution in [2.45, 2.75) is 36.6 Å². The number of anilines is 1. The summed E-state index contributed by atoms with van der Waals surface area (Å²) < 4.78 is 40.3. The molecule has 4 aromatic rings. The van der Waals surface area contributed by atoms with Gasteiger partial charge in [-0.25, -0.2) is 12.8 Å². The summed E-state index contributed by atoms with van der Waals surface area (Å²) in [6.07, 6.45) is 2.25. The normalized spacial score (nSPS) is 11.6. The van der Waals surface area contributed by atoms with E-state index in [9.17, 15) is 12.8 Å². The van der Waals surface area contributed by atoms with Gasteiger partial charge < -0.3 is 5.32 Å². The molecule has 0 aliphatic rings. The summed E-state index contributed by atoms with van der Waals surface area (Å²) in [6.45, 7) is 4.33. The van der Waals surface area contributed by atoms with Crippen molar-refractivity contribution in [1.29, 1.82) is 0 Å². The Morgan fingerprint density at radius 2 is 1.61 bits per heavy atom. The fourth-order valence-corrected chi connectivity index (χ4v) is 4.89. The second kappa shape index (κ2) is 8.47. The highest BCUT2D eigenvalue weighted by Crippen LogP contribution is 2.34. The Morgan fingerprint density at radius 3 is 2.29 bits per heavy atom. The van der Waals surface area contributed by atoms with Gasteiger partial charge in [-0.2, -0.15) is 0 Å². The van der Waals surface area contributed by atoms with Gasteiger partial charge >= 0.3 is 0 Å². The maximum absolute atomic E-state index is 13.5. The lowest BCUT2D eigenvalue weighted by Gasteiger charge is -2.16. The zero-order valence-corrected chi connectivity index (χ0v) is 18.2. The SMILES string of the molecule is CCc1ccc(S(=O)(=O)c2cnc3ccc(C)cc3c2NCc2ccc(F)cc2)cc1. The minimum Gasteiger partial charge on any atom is -0.379 e. The van der Waals surface area contributed by atoms with Crippen molar-refractivity contribution < 1.29 is 12.8 Å². The van der Waals surface area contributed by atoms with Crippen LogP contribution in [0.1, 0.15) is 23.6 Å². The molecule has 0 amide bonds. The Balaban J connectivity index is 1.83. The van der Waals surface area contributed by atoms with Crippen LogP contribution in [0, 0.1) is 12.7 Å². The molecule has 0 bridgehead atoms. The van der Waals surface area contributed by atoms with E-state index in [0.29, 0.717) is 17.7 Å². The van der Waals surface area contributed by atoms with Crippen molar-refractivity contribution in [2.75, 3.05) is 5.32 Å². The number of fused-ring (bicyclic) bond motifs is 1.